The lowest BCUT2D eigenvalue weighted by Gasteiger charge is -2.29. The number of hydrogen-bond donors (Lipinski definition) is 1. The van der Waals surface area contributed by atoms with Crippen LogP contribution in [-0.2, 0) is 4.74 Å². The largest absolute Gasteiger partial charge is 0.444 e. The van der Waals surface area contributed by atoms with Crippen LogP contribution in [0, 0.1) is 0 Å². The van der Waals surface area contributed by atoms with Crippen LogP contribution in [0.5, 0.6) is 0 Å². The van der Waals surface area contributed by atoms with Crippen molar-refractivity contribution in [1.82, 2.24) is 4.90 Å². The molecular weight excluding hydrogens is 244 g/mol. The van der Waals surface area contributed by atoms with Crippen molar-refractivity contribution in [2.75, 3.05) is 13.7 Å². The number of carbonyl (C=O) groups excluding carboxylic acids is 1. The van der Waals surface area contributed by atoms with Gasteiger partial charge in [0.2, 0.25) is 6.43 Å². The SMILES string of the molecule is CN(C(=O)OC(C)(C)C)[C@H](CO)CCCC(F)F. The van der Waals surface area contributed by atoms with Gasteiger partial charge >= 0.3 is 6.09 Å². The molecule has 0 fully saturated rings. The van der Waals surface area contributed by atoms with Gasteiger partial charge in [-0.2, -0.15) is 0 Å². The zero-order valence-electron chi connectivity index (χ0n) is 11.4. The van der Waals surface area contributed by atoms with Crippen LogP contribution in [0.1, 0.15) is 40.0 Å². The van der Waals surface area contributed by atoms with Crippen molar-refractivity contribution in [3.8, 4) is 0 Å². The van der Waals surface area contributed by atoms with Crippen molar-refractivity contribution in [1.29, 1.82) is 0 Å². The number of aliphatic hydroxyl groups excluding tert-OH is 1. The van der Waals surface area contributed by atoms with E-state index < -0.39 is 24.2 Å². The number of alkyl halides is 2. The summed E-state index contributed by atoms with van der Waals surface area (Å²) >= 11 is 0. The smallest absolute Gasteiger partial charge is 0.410 e. The van der Waals surface area contributed by atoms with E-state index in [0.717, 1.165) is 0 Å². The molecule has 1 amide bonds. The Bertz CT molecular complexity index is 254. The van der Waals surface area contributed by atoms with Gasteiger partial charge < -0.3 is 14.7 Å². The second-order valence-corrected chi connectivity index (χ2v) is 5.25. The summed E-state index contributed by atoms with van der Waals surface area (Å²) in [7, 11) is 1.50. The highest BCUT2D eigenvalue weighted by Gasteiger charge is 2.24. The van der Waals surface area contributed by atoms with Crippen molar-refractivity contribution in [2.45, 2.75) is 58.1 Å². The Morgan fingerprint density at radius 1 is 1.33 bits per heavy atom. The van der Waals surface area contributed by atoms with E-state index in [2.05, 4.69) is 0 Å². The number of amides is 1. The molecule has 0 unspecified atom stereocenters. The van der Waals surface area contributed by atoms with E-state index in [-0.39, 0.29) is 19.4 Å². The molecule has 108 valence electrons. The molecule has 0 spiro atoms. The fourth-order valence-electron chi connectivity index (χ4n) is 1.40. The van der Waals surface area contributed by atoms with Crippen molar-refractivity contribution >= 4 is 6.09 Å². The Labute approximate surface area is 107 Å². The van der Waals surface area contributed by atoms with Crippen molar-refractivity contribution in [3.63, 3.8) is 0 Å². The number of likely N-dealkylation sites (N-methyl/N-ethyl adjacent to an activating group) is 1. The normalized spacial score (nSPS) is 13.6. The maximum Gasteiger partial charge on any atom is 0.410 e. The minimum atomic E-state index is -2.35. The molecule has 1 N–H and O–H groups in total. The number of ether oxygens (including phenoxy) is 1. The standard InChI is InChI=1S/C12H23F2NO3/c1-12(2,3)18-11(17)15(4)9(8-16)6-5-7-10(13)14/h9-10,16H,5-8H2,1-4H3/t9-/m0/s1. The van der Waals surface area contributed by atoms with E-state index in [9.17, 15) is 18.7 Å². The molecule has 0 heterocycles. The first-order valence-electron chi connectivity index (χ1n) is 6.02. The van der Waals surface area contributed by atoms with Gasteiger partial charge in [-0.1, -0.05) is 0 Å². The molecule has 0 aliphatic rings. The highest BCUT2D eigenvalue weighted by atomic mass is 19.3. The molecule has 6 heteroatoms. The van der Waals surface area contributed by atoms with Gasteiger partial charge in [0.1, 0.15) is 5.60 Å². The second-order valence-electron chi connectivity index (χ2n) is 5.25. The van der Waals surface area contributed by atoms with Crippen LogP contribution in [0.2, 0.25) is 0 Å². The zero-order valence-corrected chi connectivity index (χ0v) is 11.4. The number of aliphatic hydroxyl groups is 1. The molecule has 18 heavy (non-hydrogen) atoms. The van der Waals surface area contributed by atoms with E-state index in [0.29, 0.717) is 6.42 Å². The van der Waals surface area contributed by atoms with Crippen molar-refractivity contribution in [2.24, 2.45) is 0 Å². The second kappa shape index (κ2) is 7.51. The van der Waals surface area contributed by atoms with Crippen molar-refractivity contribution in [3.05, 3.63) is 0 Å². The van der Waals surface area contributed by atoms with Crippen molar-refractivity contribution < 1.29 is 23.4 Å². The fourth-order valence-corrected chi connectivity index (χ4v) is 1.40. The maximum absolute atomic E-state index is 12.0. The van der Waals surface area contributed by atoms with Crippen LogP contribution in [-0.4, -0.2) is 47.8 Å². The Kier molecular flexibility index (Phi) is 7.13. The maximum atomic E-state index is 12.0. The molecule has 0 radical (unpaired) electrons. The van der Waals surface area contributed by atoms with Gasteiger partial charge in [-0.15, -0.1) is 0 Å². The van der Waals surface area contributed by atoms with Crippen LogP contribution in [0.15, 0.2) is 0 Å². The van der Waals surface area contributed by atoms with Gasteiger partial charge in [-0.3, -0.25) is 0 Å². The summed E-state index contributed by atoms with van der Waals surface area (Å²) in [6, 6.07) is -0.487. The van der Waals surface area contributed by atoms with Gasteiger partial charge in [-0.25, -0.2) is 13.6 Å². The van der Waals surface area contributed by atoms with Crippen LogP contribution >= 0.6 is 0 Å². The fraction of sp³-hybridized carbons (Fsp3) is 0.917. The van der Waals surface area contributed by atoms with Gasteiger partial charge in [0.15, 0.2) is 0 Å². The predicted molar refractivity (Wildman–Crippen MR) is 64.7 cm³/mol. The molecular formula is C12H23F2NO3. The van der Waals surface area contributed by atoms with Gasteiger partial charge in [0.05, 0.1) is 12.6 Å². The third kappa shape index (κ3) is 7.42. The summed E-state index contributed by atoms with van der Waals surface area (Å²) in [6.07, 6.45) is -2.54. The van der Waals surface area contributed by atoms with Gasteiger partial charge in [0, 0.05) is 13.5 Å². The number of halogens is 2. The first-order chi connectivity index (χ1) is 8.17. The summed E-state index contributed by atoms with van der Waals surface area (Å²) in [5.41, 5.74) is -0.617. The molecule has 0 aliphatic carbocycles. The highest BCUT2D eigenvalue weighted by Crippen LogP contribution is 2.15. The molecule has 0 bridgehead atoms. The Morgan fingerprint density at radius 3 is 2.28 bits per heavy atom. The molecule has 0 aromatic heterocycles. The zero-order chi connectivity index (χ0) is 14.3. The summed E-state index contributed by atoms with van der Waals surface area (Å²) < 4.78 is 29.1. The summed E-state index contributed by atoms with van der Waals surface area (Å²) in [4.78, 5) is 13.0. The average molecular weight is 267 g/mol. The molecule has 4 nitrogen and oxygen atoms in total. The lowest BCUT2D eigenvalue weighted by molar-refractivity contribution is 0.0144. The van der Waals surface area contributed by atoms with Gasteiger partial charge in [-0.05, 0) is 33.6 Å². The van der Waals surface area contributed by atoms with Crippen LogP contribution < -0.4 is 0 Å². The minimum Gasteiger partial charge on any atom is -0.444 e. The number of carbonyl (C=O) groups is 1. The monoisotopic (exact) mass is 267 g/mol. The quantitative estimate of drug-likeness (QED) is 0.805. The number of hydrogen-bond acceptors (Lipinski definition) is 3. The summed E-state index contributed by atoms with van der Waals surface area (Å²) in [5, 5.41) is 9.17. The summed E-state index contributed by atoms with van der Waals surface area (Å²) in [6.45, 7) is 4.95. The number of nitrogens with zero attached hydrogens (tertiary/aromatic N) is 1. The van der Waals surface area contributed by atoms with Crippen LogP contribution in [0.3, 0.4) is 0 Å². The van der Waals surface area contributed by atoms with E-state index in [1.807, 2.05) is 0 Å². The molecule has 1 atom stereocenters. The lowest BCUT2D eigenvalue weighted by Crippen LogP contribution is -2.42. The van der Waals surface area contributed by atoms with E-state index in [4.69, 9.17) is 4.74 Å². The van der Waals surface area contributed by atoms with Gasteiger partial charge in [0.25, 0.3) is 0 Å². The van der Waals surface area contributed by atoms with Crippen LogP contribution in [0.4, 0.5) is 13.6 Å². The summed E-state index contributed by atoms with van der Waals surface area (Å²) in [5.74, 6) is 0. The minimum absolute atomic E-state index is 0.224. The molecule has 0 aliphatic heterocycles. The molecule has 0 rings (SSSR count). The third-order valence-corrected chi connectivity index (χ3v) is 2.40. The first kappa shape index (κ1) is 17.1. The number of rotatable bonds is 6. The highest BCUT2D eigenvalue weighted by molar-refractivity contribution is 5.68. The Hall–Kier alpha value is -0.910. The van der Waals surface area contributed by atoms with E-state index >= 15 is 0 Å². The molecule has 0 saturated heterocycles. The predicted octanol–water partition coefficient (Wildman–Crippen LogP) is 2.65. The van der Waals surface area contributed by atoms with E-state index in [1.165, 1.54) is 11.9 Å². The topological polar surface area (TPSA) is 49.8 Å². The molecule has 0 aromatic carbocycles. The van der Waals surface area contributed by atoms with E-state index in [1.54, 1.807) is 20.8 Å². The lowest BCUT2D eigenvalue weighted by atomic mass is 10.1. The van der Waals surface area contributed by atoms with Crippen LogP contribution in [0.25, 0.3) is 0 Å². The molecule has 0 saturated carbocycles. The Balaban J connectivity index is 4.24. The average Bonchev–Trinajstić information content (AvgIpc) is 2.20. The Morgan fingerprint density at radius 2 is 1.89 bits per heavy atom. The molecule has 0 aromatic rings. The third-order valence-electron chi connectivity index (χ3n) is 2.40. The first-order valence-corrected chi connectivity index (χ1v) is 6.02.